The van der Waals surface area contributed by atoms with Gasteiger partial charge in [-0.3, -0.25) is 4.99 Å². The Hall–Kier alpha value is -0.570. The lowest BCUT2D eigenvalue weighted by atomic mass is 10.1. The molecule has 0 aliphatic heterocycles. The molecule has 1 atom stereocenters. The standard InChI is InChI=1S/C15H29N5S.HI/c1-6-7-8-9-12(2)18-14(16-3)17-10-13-11-21-15(19-13)20(4)5;/h11-12H,6-10H2,1-5H3,(H2,16,17,18);1H. The van der Waals surface area contributed by atoms with Crippen molar-refractivity contribution < 1.29 is 0 Å². The van der Waals surface area contributed by atoms with E-state index in [9.17, 15) is 0 Å². The van der Waals surface area contributed by atoms with Crippen molar-refractivity contribution in [1.82, 2.24) is 15.6 Å². The average molecular weight is 439 g/mol. The highest BCUT2D eigenvalue weighted by molar-refractivity contribution is 14.0. The molecular formula is C15H30IN5S. The number of aliphatic imine (C=N–C) groups is 1. The molecule has 0 spiro atoms. The van der Waals surface area contributed by atoms with Crippen LogP contribution in [0.5, 0.6) is 0 Å². The number of hydrogen-bond acceptors (Lipinski definition) is 4. The number of thiazole rings is 1. The Morgan fingerprint density at radius 1 is 1.41 bits per heavy atom. The summed E-state index contributed by atoms with van der Waals surface area (Å²) in [5.41, 5.74) is 1.05. The number of rotatable bonds is 8. The summed E-state index contributed by atoms with van der Waals surface area (Å²) in [5.74, 6) is 0.846. The van der Waals surface area contributed by atoms with E-state index in [2.05, 4.69) is 39.8 Å². The van der Waals surface area contributed by atoms with Gasteiger partial charge in [0.1, 0.15) is 0 Å². The van der Waals surface area contributed by atoms with Crippen molar-refractivity contribution in [2.24, 2.45) is 4.99 Å². The lowest BCUT2D eigenvalue weighted by Gasteiger charge is -2.17. The first kappa shape index (κ1) is 21.4. The molecule has 0 bridgehead atoms. The van der Waals surface area contributed by atoms with Crippen LogP contribution >= 0.6 is 35.3 Å². The molecule has 0 fully saturated rings. The van der Waals surface area contributed by atoms with Gasteiger partial charge in [0, 0.05) is 32.6 Å². The maximum absolute atomic E-state index is 4.56. The van der Waals surface area contributed by atoms with Crippen LogP contribution in [0.1, 0.15) is 45.2 Å². The van der Waals surface area contributed by atoms with Crippen LogP contribution in [0.2, 0.25) is 0 Å². The summed E-state index contributed by atoms with van der Waals surface area (Å²) in [6.45, 7) is 5.13. The topological polar surface area (TPSA) is 52.6 Å². The van der Waals surface area contributed by atoms with Gasteiger partial charge in [0.15, 0.2) is 11.1 Å². The quantitative estimate of drug-likeness (QED) is 0.282. The highest BCUT2D eigenvalue weighted by Crippen LogP contribution is 2.17. The SMILES string of the molecule is CCCCCC(C)NC(=NC)NCc1csc(N(C)C)n1.I. The van der Waals surface area contributed by atoms with E-state index in [1.165, 1.54) is 25.7 Å². The van der Waals surface area contributed by atoms with Gasteiger partial charge >= 0.3 is 0 Å². The Balaban J connectivity index is 0.00000441. The molecule has 128 valence electrons. The molecular weight excluding hydrogens is 409 g/mol. The van der Waals surface area contributed by atoms with Gasteiger partial charge in [-0.1, -0.05) is 26.2 Å². The summed E-state index contributed by atoms with van der Waals surface area (Å²) in [6.07, 6.45) is 5.00. The lowest BCUT2D eigenvalue weighted by Crippen LogP contribution is -2.41. The number of nitrogens with zero attached hydrogens (tertiary/aromatic N) is 3. The van der Waals surface area contributed by atoms with Crippen LogP contribution < -0.4 is 15.5 Å². The fraction of sp³-hybridized carbons (Fsp3) is 0.733. The molecule has 0 saturated heterocycles. The molecule has 2 N–H and O–H groups in total. The van der Waals surface area contributed by atoms with E-state index in [4.69, 9.17) is 0 Å². The van der Waals surface area contributed by atoms with Gasteiger partial charge in [0.2, 0.25) is 0 Å². The van der Waals surface area contributed by atoms with Crippen LogP contribution in [-0.4, -0.2) is 38.1 Å². The van der Waals surface area contributed by atoms with E-state index < -0.39 is 0 Å². The summed E-state index contributed by atoms with van der Waals surface area (Å²) in [6, 6.07) is 0.440. The van der Waals surface area contributed by atoms with E-state index >= 15 is 0 Å². The van der Waals surface area contributed by atoms with Crippen LogP contribution in [0.3, 0.4) is 0 Å². The Morgan fingerprint density at radius 3 is 2.68 bits per heavy atom. The zero-order valence-electron chi connectivity index (χ0n) is 14.3. The Bertz CT molecular complexity index is 433. The molecule has 0 amide bonds. The molecule has 0 aromatic carbocycles. The van der Waals surface area contributed by atoms with Crippen LogP contribution in [0.15, 0.2) is 10.4 Å². The third-order valence-electron chi connectivity index (χ3n) is 3.21. The molecule has 22 heavy (non-hydrogen) atoms. The van der Waals surface area contributed by atoms with E-state index in [-0.39, 0.29) is 24.0 Å². The van der Waals surface area contributed by atoms with Crippen molar-refractivity contribution in [3.8, 4) is 0 Å². The first-order valence-corrected chi connectivity index (χ1v) is 8.53. The average Bonchev–Trinajstić information content (AvgIpc) is 2.92. The number of nitrogens with one attached hydrogen (secondary N) is 2. The predicted octanol–water partition coefficient (Wildman–Crippen LogP) is 3.46. The van der Waals surface area contributed by atoms with Crippen molar-refractivity contribution in [3.05, 3.63) is 11.1 Å². The summed E-state index contributed by atoms with van der Waals surface area (Å²) in [5, 5.41) is 9.87. The van der Waals surface area contributed by atoms with Crippen LogP contribution in [0.25, 0.3) is 0 Å². The van der Waals surface area contributed by atoms with Crippen LogP contribution in [-0.2, 0) is 6.54 Å². The van der Waals surface area contributed by atoms with Gasteiger partial charge in [0.25, 0.3) is 0 Å². The number of guanidine groups is 1. The fourth-order valence-corrected chi connectivity index (χ4v) is 2.72. The minimum Gasteiger partial charge on any atom is -0.354 e. The monoisotopic (exact) mass is 439 g/mol. The van der Waals surface area contributed by atoms with Crippen LogP contribution in [0, 0.1) is 0 Å². The molecule has 1 heterocycles. The first-order valence-electron chi connectivity index (χ1n) is 7.65. The van der Waals surface area contributed by atoms with E-state index in [1.54, 1.807) is 18.4 Å². The van der Waals surface area contributed by atoms with Gasteiger partial charge in [-0.05, 0) is 13.3 Å². The Labute approximate surface area is 156 Å². The number of halogens is 1. The second-order valence-electron chi connectivity index (χ2n) is 5.48. The lowest BCUT2D eigenvalue weighted by molar-refractivity contribution is 0.546. The maximum Gasteiger partial charge on any atom is 0.191 e. The summed E-state index contributed by atoms with van der Waals surface area (Å²) >= 11 is 1.66. The Morgan fingerprint density at radius 2 is 2.14 bits per heavy atom. The minimum atomic E-state index is 0. The van der Waals surface area contributed by atoms with Crippen molar-refractivity contribution >= 4 is 46.4 Å². The molecule has 0 aliphatic rings. The number of anilines is 1. The summed E-state index contributed by atoms with van der Waals surface area (Å²) in [4.78, 5) is 10.9. The second-order valence-corrected chi connectivity index (χ2v) is 6.32. The van der Waals surface area contributed by atoms with Crippen LogP contribution in [0.4, 0.5) is 5.13 Å². The third-order valence-corrected chi connectivity index (χ3v) is 4.26. The largest absolute Gasteiger partial charge is 0.354 e. The van der Waals surface area contributed by atoms with Crippen molar-refractivity contribution in [1.29, 1.82) is 0 Å². The van der Waals surface area contributed by atoms with Gasteiger partial charge < -0.3 is 15.5 Å². The van der Waals surface area contributed by atoms with E-state index in [0.29, 0.717) is 12.6 Å². The molecule has 1 rings (SSSR count). The van der Waals surface area contributed by atoms with Crippen molar-refractivity contribution in [3.63, 3.8) is 0 Å². The third kappa shape index (κ3) is 8.17. The smallest absolute Gasteiger partial charge is 0.191 e. The van der Waals surface area contributed by atoms with Crippen molar-refractivity contribution in [2.45, 2.75) is 52.1 Å². The molecule has 0 aliphatic carbocycles. The summed E-state index contributed by atoms with van der Waals surface area (Å²) < 4.78 is 0. The Kier molecular flexibility index (Phi) is 11.6. The molecule has 0 saturated carbocycles. The predicted molar refractivity (Wildman–Crippen MR) is 109 cm³/mol. The zero-order chi connectivity index (χ0) is 15.7. The summed E-state index contributed by atoms with van der Waals surface area (Å²) in [7, 11) is 5.82. The number of unbranched alkanes of at least 4 members (excludes halogenated alkanes) is 2. The molecule has 1 unspecified atom stereocenters. The molecule has 1 aromatic heterocycles. The van der Waals surface area contributed by atoms with E-state index in [1.807, 2.05) is 19.0 Å². The normalized spacial score (nSPS) is 12.5. The molecule has 5 nitrogen and oxygen atoms in total. The second kappa shape index (κ2) is 11.9. The first-order chi connectivity index (χ1) is 10.1. The minimum absolute atomic E-state index is 0. The highest BCUT2D eigenvalue weighted by atomic mass is 127. The maximum atomic E-state index is 4.56. The number of aromatic nitrogens is 1. The van der Waals surface area contributed by atoms with Gasteiger partial charge in [-0.2, -0.15) is 0 Å². The molecule has 1 aromatic rings. The van der Waals surface area contributed by atoms with Gasteiger partial charge in [0.05, 0.1) is 12.2 Å². The molecule has 7 heteroatoms. The fourth-order valence-electron chi connectivity index (χ4n) is 1.96. The highest BCUT2D eigenvalue weighted by Gasteiger charge is 2.07. The van der Waals surface area contributed by atoms with Gasteiger partial charge in [-0.25, -0.2) is 4.98 Å². The van der Waals surface area contributed by atoms with Gasteiger partial charge in [-0.15, -0.1) is 35.3 Å². The zero-order valence-corrected chi connectivity index (χ0v) is 17.5. The van der Waals surface area contributed by atoms with E-state index in [0.717, 1.165) is 16.8 Å². The number of hydrogen-bond donors (Lipinski definition) is 2. The molecule has 0 radical (unpaired) electrons. The van der Waals surface area contributed by atoms with Crippen molar-refractivity contribution in [2.75, 3.05) is 26.0 Å².